The average Bonchev–Trinajstić information content (AvgIpc) is 2.59. The molecule has 26 heavy (non-hydrogen) atoms. The number of halogens is 2. The summed E-state index contributed by atoms with van der Waals surface area (Å²) in [5.41, 5.74) is 5.44. The van der Waals surface area contributed by atoms with Gasteiger partial charge in [0.2, 0.25) is 0 Å². The minimum atomic E-state index is -0.558. The summed E-state index contributed by atoms with van der Waals surface area (Å²) in [7, 11) is 0. The Morgan fingerprint density at radius 3 is 2.38 bits per heavy atom. The lowest BCUT2D eigenvalue weighted by molar-refractivity contribution is 0.252. The number of hydrogen-bond acceptors (Lipinski definition) is 3. The molecule has 0 saturated heterocycles. The number of pyridine rings is 1. The number of hydrogen-bond donors (Lipinski definition) is 3. The molecule has 0 atom stereocenters. The van der Waals surface area contributed by atoms with Crippen molar-refractivity contribution in [1.29, 1.82) is 0 Å². The van der Waals surface area contributed by atoms with Crippen molar-refractivity contribution in [2.45, 2.75) is 19.8 Å². The number of nitrogens with one attached hydrogen (secondary N) is 2. The van der Waals surface area contributed by atoms with Crippen molar-refractivity contribution < 1.29 is 4.79 Å². The molecule has 134 valence electrons. The van der Waals surface area contributed by atoms with Crippen molar-refractivity contribution in [3.63, 3.8) is 0 Å². The molecule has 0 unspecified atom stereocenters. The van der Waals surface area contributed by atoms with Crippen molar-refractivity contribution >= 4 is 46.0 Å². The van der Waals surface area contributed by atoms with Crippen molar-refractivity contribution in [2.75, 3.05) is 5.32 Å². The highest BCUT2D eigenvalue weighted by Crippen LogP contribution is 2.40. The monoisotopic (exact) mass is 388 g/mol. The first kappa shape index (κ1) is 18.5. The van der Waals surface area contributed by atoms with E-state index in [-0.39, 0.29) is 5.92 Å². The van der Waals surface area contributed by atoms with Crippen LogP contribution in [0.1, 0.15) is 25.3 Å². The average molecular weight is 389 g/mol. The molecule has 2 aromatic carbocycles. The predicted octanol–water partition coefficient (Wildman–Crippen LogP) is 5.33. The van der Waals surface area contributed by atoms with Crippen LogP contribution in [0.3, 0.4) is 0 Å². The Bertz CT molecular complexity index is 968. The number of fused-ring (bicyclic) bond motifs is 1. The number of carbonyl (C=O) groups excluding carboxylic acids is 1. The zero-order valence-corrected chi connectivity index (χ0v) is 15.8. The van der Waals surface area contributed by atoms with E-state index in [2.05, 4.69) is 29.6 Å². The second kappa shape index (κ2) is 7.50. The summed E-state index contributed by atoms with van der Waals surface area (Å²) in [6, 6.07) is 12.5. The lowest BCUT2D eigenvalue weighted by atomic mass is 9.89. The van der Waals surface area contributed by atoms with Crippen LogP contribution >= 0.6 is 23.2 Å². The van der Waals surface area contributed by atoms with Crippen LogP contribution in [0.25, 0.3) is 22.0 Å². The molecule has 0 aliphatic heterocycles. The van der Waals surface area contributed by atoms with Crippen LogP contribution in [-0.2, 0) is 0 Å². The van der Waals surface area contributed by atoms with Crippen molar-refractivity contribution in [3.8, 4) is 11.1 Å². The summed E-state index contributed by atoms with van der Waals surface area (Å²) in [6.07, 6.45) is 0. The first-order valence-corrected chi connectivity index (χ1v) is 8.83. The normalized spacial score (nSPS) is 11.0. The van der Waals surface area contributed by atoms with Gasteiger partial charge in [-0.1, -0.05) is 55.2 Å². The molecule has 3 rings (SSSR count). The number of nitrogens with zero attached hydrogens (tertiary/aromatic N) is 1. The fourth-order valence-electron chi connectivity index (χ4n) is 3.06. The molecule has 4 N–H and O–H groups in total. The molecule has 5 nitrogen and oxygen atoms in total. The third-order valence-electron chi connectivity index (χ3n) is 4.02. The molecule has 0 aliphatic rings. The maximum Gasteiger partial charge on any atom is 0.334 e. The summed E-state index contributed by atoms with van der Waals surface area (Å²) in [5.74, 6) is 5.80. The van der Waals surface area contributed by atoms with Crippen LogP contribution in [0.5, 0.6) is 0 Å². The summed E-state index contributed by atoms with van der Waals surface area (Å²) in [5, 5.41) is 4.73. The highest BCUT2D eigenvalue weighted by molar-refractivity contribution is 6.35. The topological polar surface area (TPSA) is 80.0 Å². The van der Waals surface area contributed by atoms with Crippen LogP contribution < -0.4 is 16.6 Å². The molecule has 2 amide bonds. The first-order chi connectivity index (χ1) is 12.4. The molecule has 0 fully saturated rings. The highest BCUT2D eigenvalue weighted by atomic mass is 35.5. The number of para-hydroxylation sites is 1. The molecule has 1 aromatic heterocycles. The second-order valence-electron chi connectivity index (χ2n) is 6.18. The molecule has 0 saturated carbocycles. The number of anilines is 1. The van der Waals surface area contributed by atoms with Gasteiger partial charge in [-0.05, 0) is 41.3 Å². The van der Waals surface area contributed by atoms with E-state index < -0.39 is 6.03 Å². The molecule has 0 spiro atoms. The van der Waals surface area contributed by atoms with Gasteiger partial charge in [-0.25, -0.2) is 15.6 Å². The molecular formula is C19H18Cl2N4O. The van der Waals surface area contributed by atoms with E-state index in [0.29, 0.717) is 15.9 Å². The van der Waals surface area contributed by atoms with Gasteiger partial charge in [0.05, 0.1) is 5.52 Å². The standard InChI is InChI=1S/C19H18Cl2N4O/c1-10(2)16-14-5-3-4-6-15(14)23-18(24-19(26)25-22)17(16)11-7-12(20)9-13(21)8-11/h3-10H,22H2,1-2H3,(H2,23,24,25,26). The molecule has 0 radical (unpaired) electrons. The van der Waals surface area contributed by atoms with Gasteiger partial charge in [0, 0.05) is 21.0 Å². The second-order valence-corrected chi connectivity index (χ2v) is 7.05. The lowest BCUT2D eigenvalue weighted by Crippen LogP contribution is -2.34. The minimum absolute atomic E-state index is 0.164. The summed E-state index contributed by atoms with van der Waals surface area (Å²) < 4.78 is 0. The van der Waals surface area contributed by atoms with Crippen LogP contribution in [0.2, 0.25) is 10.0 Å². The maximum atomic E-state index is 11.9. The Morgan fingerprint density at radius 2 is 1.77 bits per heavy atom. The smallest absolute Gasteiger partial charge is 0.291 e. The number of urea groups is 1. The summed E-state index contributed by atoms with van der Waals surface area (Å²) in [6.45, 7) is 4.18. The Labute approximate surface area is 161 Å². The van der Waals surface area contributed by atoms with E-state index in [1.54, 1.807) is 18.2 Å². The fraction of sp³-hybridized carbons (Fsp3) is 0.158. The third kappa shape index (κ3) is 3.60. The highest BCUT2D eigenvalue weighted by Gasteiger charge is 2.20. The fourth-order valence-corrected chi connectivity index (χ4v) is 3.59. The molecule has 0 bridgehead atoms. The zero-order chi connectivity index (χ0) is 18.8. The van der Waals surface area contributed by atoms with Crippen molar-refractivity contribution in [1.82, 2.24) is 10.4 Å². The van der Waals surface area contributed by atoms with E-state index in [9.17, 15) is 4.79 Å². The summed E-state index contributed by atoms with van der Waals surface area (Å²) >= 11 is 12.4. The van der Waals surface area contributed by atoms with E-state index in [4.69, 9.17) is 29.0 Å². The number of amides is 2. The Kier molecular flexibility index (Phi) is 5.32. The third-order valence-corrected chi connectivity index (χ3v) is 4.46. The Morgan fingerprint density at radius 1 is 1.12 bits per heavy atom. The van der Waals surface area contributed by atoms with Crippen LogP contribution in [0.15, 0.2) is 42.5 Å². The number of rotatable bonds is 3. The van der Waals surface area contributed by atoms with E-state index in [0.717, 1.165) is 27.6 Å². The van der Waals surface area contributed by atoms with Gasteiger partial charge in [0.1, 0.15) is 5.82 Å². The molecule has 0 aliphatic carbocycles. The van der Waals surface area contributed by atoms with Gasteiger partial charge >= 0.3 is 6.03 Å². The van der Waals surface area contributed by atoms with Crippen LogP contribution in [0, 0.1) is 0 Å². The summed E-state index contributed by atoms with van der Waals surface area (Å²) in [4.78, 5) is 16.5. The molecule has 3 aromatic rings. The van der Waals surface area contributed by atoms with Gasteiger partial charge in [-0.15, -0.1) is 0 Å². The van der Waals surface area contributed by atoms with Gasteiger partial charge in [-0.3, -0.25) is 10.7 Å². The number of nitrogens with two attached hydrogens (primary N) is 1. The number of aromatic nitrogens is 1. The lowest BCUT2D eigenvalue weighted by Gasteiger charge is -2.20. The Balaban J connectivity index is 2.40. The van der Waals surface area contributed by atoms with Crippen LogP contribution in [-0.4, -0.2) is 11.0 Å². The minimum Gasteiger partial charge on any atom is -0.291 e. The molecule has 1 heterocycles. The predicted molar refractivity (Wildman–Crippen MR) is 108 cm³/mol. The van der Waals surface area contributed by atoms with Gasteiger partial charge in [0.25, 0.3) is 0 Å². The quantitative estimate of drug-likeness (QED) is 0.322. The number of carbonyl (C=O) groups is 1. The van der Waals surface area contributed by atoms with E-state index in [1.165, 1.54) is 0 Å². The maximum absolute atomic E-state index is 11.9. The van der Waals surface area contributed by atoms with Crippen LogP contribution in [0.4, 0.5) is 10.6 Å². The van der Waals surface area contributed by atoms with Gasteiger partial charge in [0.15, 0.2) is 0 Å². The molecule has 7 heteroatoms. The van der Waals surface area contributed by atoms with E-state index >= 15 is 0 Å². The molecular weight excluding hydrogens is 371 g/mol. The van der Waals surface area contributed by atoms with Crippen molar-refractivity contribution in [3.05, 3.63) is 58.1 Å². The number of benzene rings is 2. The SMILES string of the molecule is CC(C)c1c(-c2cc(Cl)cc(Cl)c2)c(NC(=O)NN)nc2ccccc12. The Hall–Kier alpha value is -2.34. The van der Waals surface area contributed by atoms with Gasteiger partial charge in [-0.2, -0.15) is 0 Å². The first-order valence-electron chi connectivity index (χ1n) is 8.07. The van der Waals surface area contributed by atoms with Crippen molar-refractivity contribution in [2.24, 2.45) is 5.84 Å². The largest absolute Gasteiger partial charge is 0.334 e. The zero-order valence-electron chi connectivity index (χ0n) is 14.3. The number of hydrazine groups is 1. The van der Waals surface area contributed by atoms with Gasteiger partial charge < -0.3 is 0 Å². The van der Waals surface area contributed by atoms with E-state index in [1.807, 2.05) is 24.3 Å².